The number of nitrogens with zero attached hydrogens (tertiary/aromatic N) is 2. The van der Waals surface area contributed by atoms with Crippen molar-refractivity contribution in [2.75, 3.05) is 19.7 Å². The van der Waals surface area contributed by atoms with Gasteiger partial charge in [-0.05, 0) is 17.7 Å². The molecular weight excluding hydrogens is 220 g/mol. The molecule has 1 fully saturated rings. The quantitative estimate of drug-likeness (QED) is 0.798. The third-order valence-corrected chi connectivity index (χ3v) is 2.75. The minimum Gasteiger partial charge on any atom is -0.465 e. The van der Waals surface area contributed by atoms with Gasteiger partial charge in [0, 0.05) is 6.54 Å². The molecule has 0 spiro atoms. The predicted molar refractivity (Wildman–Crippen MR) is 59.4 cm³/mol. The highest BCUT2D eigenvalue weighted by atomic mass is 16.5. The van der Waals surface area contributed by atoms with E-state index in [9.17, 15) is 4.79 Å². The van der Waals surface area contributed by atoms with Crippen LogP contribution in [0.15, 0.2) is 24.3 Å². The third-order valence-electron chi connectivity index (χ3n) is 2.75. The van der Waals surface area contributed by atoms with Gasteiger partial charge in [-0.2, -0.15) is 5.26 Å². The summed E-state index contributed by atoms with van der Waals surface area (Å²) in [4.78, 5) is 12.2. The molecular formula is C12H12N2O3. The minimum atomic E-state index is -0.924. The van der Waals surface area contributed by atoms with Crippen LogP contribution in [0.25, 0.3) is 0 Å². The highest BCUT2D eigenvalue weighted by Crippen LogP contribution is 2.22. The molecule has 0 aromatic heterocycles. The Morgan fingerprint density at radius 3 is 2.76 bits per heavy atom. The Hall–Kier alpha value is -2.06. The second-order valence-corrected chi connectivity index (χ2v) is 3.82. The Labute approximate surface area is 98.8 Å². The van der Waals surface area contributed by atoms with Crippen molar-refractivity contribution >= 4 is 6.09 Å². The maximum Gasteiger partial charge on any atom is 0.407 e. The smallest absolute Gasteiger partial charge is 0.407 e. The van der Waals surface area contributed by atoms with E-state index in [1.807, 2.05) is 6.07 Å². The molecule has 1 saturated heterocycles. The lowest BCUT2D eigenvalue weighted by atomic mass is 10.1. The van der Waals surface area contributed by atoms with Crippen molar-refractivity contribution in [3.05, 3.63) is 35.4 Å². The van der Waals surface area contributed by atoms with Crippen LogP contribution in [-0.2, 0) is 4.74 Å². The second-order valence-electron chi connectivity index (χ2n) is 3.82. The number of nitriles is 1. The highest BCUT2D eigenvalue weighted by Gasteiger charge is 2.24. The number of rotatable bonds is 1. The lowest BCUT2D eigenvalue weighted by Gasteiger charge is -2.31. The second kappa shape index (κ2) is 4.85. The van der Waals surface area contributed by atoms with Crippen molar-refractivity contribution in [3.8, 4) is 6.07 Å². The first-order valence-electron chi connectivity index (χ1n) is 5.30. The molecule has 1 aliphatic rings. The molecule has 1 atom stereocenters. The highest BCUT2D eigenvalue weighted by molar-refractivity contribution is 5.65. The van der Waals surface area contributed by atoms with Crippen molar-refractivity contribution in [2.24, 2.45) is 0 Å². The molecule has 5 nitrogen and oxygen atoms in total. The normalized spacial score (nSPS) is 19.7. The summed E-state index contributed by atoms with van der Waals surface area (Å²) in [5.74, 6) is 0. The van der Waals surface area contributed by atoms with Crippen LogP contribution in [0.1, 0.15) is 17.2 Å². The molecule has 2 rings (SSSR count). The first kappa shape index (κ1) is 11.4. The van der Waals surface area contributed by atoms with E-state index >= 15 is 0 Å². The minimum absolute atomic E-state index is 0.243. The molecule has 0 radical (unpaired) electrons. The van der Waals surface area contributed by atoms with Crippen molar-refractivity contribution < 1.29 is 14.6 Å². The van der Waals surface area contributed by atoms with Crippen LogP contribution < -0.4 is 0 Å². The molecule has 1 aromatic rings. The average molecular weight is 232 g/mol. The molecule has 1 aromatic carbocycles. The molecule has 1 aliphatic heterocycles. The van der Waals surface area contributed by atoms with E-state index < -0.39 is 6.09 Å². The fraction of sp³-hybridized carbons (Fsp3) is 0.333. The largest absolute Gasteiger partial charge is 0.465 e. The van der Waals surface area contributed by atoms with Crippen molar-refractivity contribution in [1.29, 1.82) is 5.26 Å². The van der Waals surface area contributed by atoms with Gasteiger partial charge in [-0.15, -0.1) is 0 Å². The lowest BCUT2D eigenvalue weighted by Crippen LogP contribution is -2.41. The number of morpholine rings is 1. The van der Waals surface area contributed by atoms with E-state index in [0.29, 0.717) is 25.3 Å². The van der Waals surface area contributed by atoms with E-state index in [4.69, 9.17) is 15.1 Å². The maximum atomic E-state index is 10.9. The van der Waals surface area contributed by atoms with Crippen LogP contribution in [0.5, 0.6) is 0 Å². The summed E-state index contributed by atoms with van der Waals surface area (Å²) in [5, 5.41) is 17.6. The first-order valence-corrected chi connectivity index (χ1v) is 5.30. The van der Waals surface area contributed by atoms with Gasteiger partial charge in [0.15, 0.2) is 0 Å². The van der Waals surface area contributed by atoms with Gasteiger partial charge < -0.3 is 14.7 Å². The molecule has 17 heavy (non-hydrogen) atoms. The van der Waals surface area contributed by atoms with Crippen LogP contribution in [0.4, 0.5) is 4.79 Å². The van der Waals surface area contributed by atoms with Gasteiger partial charge in [-0.3, -0.25) is 0 Å². The average Bonchev–Trinajstić information content (AvgIpc) is 2.39. The van der Waals surface area contributed by atoms with Gasteiger partial charge in [0.2, 0.25) is 0 Å². The number of ether oxygens (including phenoxy) is 1. The lowest BCUT2D eigenvalue weighted by molar-refractivity contribution is -0.0232. The molecule has 0 aliphatic carbocycles. The number of carboxylic acid groups (broad SMARTS) is 1. The van der Waals surface area contributed by atoms with Gasteiger partial charge >= 0.3 is 6.09 Å². The van der Waals surface area contributed by atoms with Crippen molar-refractivity contribution in [3.63, 3.8) is 0 Å². The summed E-state index contributed by atoms with van der Waals surface area (Å²) in [7, 11) is 0. The molecule has 88 valence electrons. The maximum absolute atomic E-state index is 10.9. The van der Waals surface area contributed by atoms with E-state index in [-0.39, 0.29) is 6.10 Å². The Kier molecular flexibility index (Phi) is 3.26. The van der Waals surface area contributed by atoms with E-state index in [1.165, 1.54) is 4.90 Å². The summed E-state index contributed by atoms with van der Waals surface area (Å²) < 4.78 is 5.53. The van der Waals surface area contributed by atoms with Gasteiger partial charge in [0.25, 0.3) is 0 Å². The summed E-state index contributed by atoms with van der Waals surface area (Å²) >= 11 is 0. The fourth-order valence-corrected chi connectivity index (χ4v) is 1.80. The summed E-state index contributed by atoms with van der Waals surface area (Å²) in [5.41, 5.74) is 1.48. The zero-order valence-corrected chi connectivity index (χ0v) is 9.17. The fourth-order valence-electron chi connectivity index (χ4n) is 1.80. The van der Waals surface area contributed by atoms with Gasteiger partial charge in [0.1, 0.15) is 6.10 Å². The summed E-state index contributed by atoms with van der Waals surface area (Å²) in [6.45, 7) is 1.14. The van der Waals surface area contributed by atoms with Gasteiger partial charge in [0.05, 0.1) is 24.8 Å². The van der Waals surface area contributed by atoms with Crippen LogP contribution in [0.3, 0.4) is 0 Å². The van der Waals surface area contributed by atoms with Gasteiger partial charge in [-0.25, -0.2) is 4.79 Å². The van der Waals surface area contributed by atoms with E-state index in [1.54, 1.807) is 24.3 Å². The number of carbonyl (C=O) groups is 1. The summed E-state index contributed by atoms with van der Waals surface area (Å²) in [6, 6.07) is 9.05. The van der Waals surface area contributed by atoms with Crippen LogP contribution in [0.2, 0.25) is 0 Å². The Balaban J connectivity index is 2.11. The van der Waals surface area contributed by atoms with Crippen LogP contribution in [-0.4, -0.2) is 35.8 Å². The molecule has 1 amide bonds. The zero-order valence-electron chi connectivity index (χ0n) is 9.17. The molecule has 1 unspecified atom stereocenters. The number of hydrogen-bond acceptors (Lipinski definition) is 3. The Bertz CT molecular complexity index is 450. The third kappa shape index (κ3) is 2.55. The Morgan fingerprint density at radius 2 is 2.18 bits per heavy atom. The van der Waals surface area contributed by atoms with Gasteiger partial charge in [-0.1, -0.05) is 12.1 Å². The molecule has 5 heteroatoms. The number of hydrogen-bond donors (Lipinski definition) is 1. The SMILES string of the molecule is N#Cc1ccc(C2CN(C(=O)O)CCO2)cc1. The number of amides is 1. The van der Waals surface area contributed by atoms with Crippen LogP contribution in [0, 0.1) is 11.3 Å². The van der Waals surface area contributed by atoms with E-state index in [2.05, 4.69) is 0 Å². The van der Waals surface area contributed by atoms with Crippen molar-refractivity contribution in [1.82, 2.24) is 4.90 Å². The monoisotopic (exact) mass is 232 g/mol. The molecule has 1 N–H and O–H groups in total. The summed E-state index contributed by atoms with van der Waals surface area (Å²) in [6.07, 6.45) is -1.17. The van der Waals surface area contributed by atoms with E-state index in [0.717, 1.165) is 5.56 Å². The van der Waals surface area contributed by atoms with Crippen LogP contribution >= 0.6 is 0 Å². The molecule has 0 bridgehead atoms. The Morgan fingerprint density at radius 1 is 1.47 bits per heavy atom. The molecule has 1 heterocycles. The first-order chi connectivity index (χ1) is 8.20. The zero-order chi connectivity index (χ0) is 12.3. The topological polar surface area (TPSA) is 73.6 Å². The number of benzene rings is 1. The van der Waals surface area contributed by atoms with Crippen molar-refractivity contribution in [2.45, 2.75) is 6.10 Å². The molecule has 0 saturated carbocycles. The standard InChI is InChI=1S/C12H12N2O3/c13-7-9-1-3-10(4-2-9)11-8-14(12(15)16)5-6-17-11/h1-4,11H,5-6,8H2,(H,15,16). The predicted octanol–water partition coefficient (Wildman–Crippen LogP) is 1.61.